The summed E-state index contributed by atoms with van der Waals surface area (Å²) in [5, 5.41) is 4.27. The molecule has 1 saturated heterocycles. The molecule has 1 N–H and O–H groups in total. The van der Waals surface area contributed by atoms with Crippen LogP contribution in [0, 0.1) is 5.92 Å². The molecule has 15 heavy (non-hydrogen) atoms. The summed E-state index contributed by atoms with van der Waals surface area (Å²) in [5.41, 5.74) is 1.26. The predicted octanol–water partition coefficient (Wildman–Crippen LogP) is 2.77. The first-order valence-corrected chi connectivity index (χ1v) is 5.83. The molecular formula is C12H14ClNO. The van der Waals surface area contributed by atoms with E-state index in [9.17, 15) is 0 Å². The molecule has 0 aliphatic carbocycles. The molecule has 0 aromatic heterocycles. The summed E-state index contributed by atoms with van der Waals surface area (Å²) < 4.78 is 5.96. The lowest BCUT2D eigenvalue weighted by molar-refractivity contribution is 0.101. The quantitative estimate of drug-likeness (QED) is 0.730. The highest BCUT2D eigenvalue weighted by molar-refractivity contribution is 6.30. The van der Waals surface area contributed by atoms with E-state index in [-0.39, 0.29) is 6.10 Å². The van der Waals surface area contributed by atoms with Gasteiger partial charge in [0.25, 0.3) is 0 Å². The highest BCUT2D eigenvalue weighted by atomic mass is 35.5. The van der Waals surface area contributed by atoms with Crippen molar-refractivity contribution in [1.82, 2.24) is 5.32 Å². The van der Waals surface area contributed by atoms with E-state index in [1.165, 1.54) is 12.0 Å². The summed E-state index contributed by atoms with van der Waals surface area (Å²) >= 11 is 5.96. The van der Waals surface area contributed by atoms with E-state index >= 15 is 0 Å². The second-order valence-corrected chi connectivity index (χ2v) is 4.90. The maximum absolute atomic E-state index is 5.96. The van der Waals surface area contributed by atoms with Crippen molar-refractivity contribution < 1.29 is 4.74 Å². The molecule has 2 nitrogen and oxygen atoms in total. The first kappa shape index (κ1) is 9.49. The maximum Gasteiger partial charge on any atom is 0.126 e. The van der Waals surface area contributed by atoms with Gasteiger partial charge >= 0.3 is 0 Å². The number of ether oxygens (including phenoxy) is 1. The highest BCUT2D eigenvalue weighted by Crippen LogP contribution is 2.42. The summed E-state index contributed by atoms with van der Waals surface area (Å²) in [6.07, 6.45) is 1.47. The Morgan fingerprint density at radius 2 is 2.33 bits per heavy atom. The lowest BCUT2D eigenvalue weighted by Crippen LogP contribution is -2.42. The second-order valence-electron chi connectivity index (χ2n) is 4.46. The first-order valence-electron chi connectivity index (χ1n) is 5.45. The first-order chi connectivity index (χ1) is 7.25. The molecule has 1 aromatic rings. The molecule has 3 rings (SSSR count). The highest BCUT2D eigenvalue weighted by Gasteiger charge is 2.39. The van der Waals surface area contributed by atoms with Crippen LogP contribution in [0.4, 0.5) is 0 Å². The molecule has 0 radical (unpaired) electrons. The Morgan fingerprint density at radius 3 is 3.20 bits per heavy atom. The number of fused-ring (bicyclic) bond motifs is 3. The van der Waals surface area contributed by atoms with Gasteiger partial charge < -0.3 is 10.1 Å². The van der Waals surface area contributed by atoms with Crippen LogP contribution < -0.4 is 10.1 Å². The van der Waals surface area contributed by atoms with Crippen LogP contribution >= 0.6 is 11.6 Å². The molecule has 3 heteroatoms. The van der Waals surface area contributed by atoms with Crippen molar-refractivity contribution in [3.63, 3.8) is 0 Å². The molecule has 0 unspecified atom stereocenters. The summed E-state index contributed by atoms with van der Waals surface area (Å²) in [5.74, 6) is 1.57. The fourth-order valence-electron chi connectivity index (χ4n) is 2.56. The Bertz CT molecular complexity index is 393. The van der Waals surface area contributed by atoms with Crippen molar-refractivity contribution in [2.24, 2.45) is 5.92 Å². The number of rotatable bonds is 0. The average Bonchev–Trinajstić information content (AvgIpc) is 2.57. The normalized spacial score (nSPS) is 33.1. The van der Waals surface area contributed by atoms with Crippen molar-refractivity contribution in [1.29, 1.82) is 0 Å². The SMILES string of the molecule is C[C@@H]1CCN[C@@H]2c3ccc(Cl)cc3O[C@H]12. The molecule has 2 aliphatic rings. The monoisotopic (exact) mass is 223 g/mol. The summed E-state index contributed by atoms with van der Waals surface area (Å²) in [7, 11) is 0. The van der Waals surface area contributed by atoms with Gasteiger partial charge in [0, 0.05) is 10.6 Å². The van der Waals surface area contributed by atoms with Crippen LogP contribution in [0.3, 0.4) is 0 Å². The van der Waals surface area contributed by atoms with Gasteiger partial charge in [-0.15, -0.1) is 0 Å². The maximum atomic E-state index is 5.96. The van der Waals surface area contributed by atoms with Crippen molar-refractivity contribution in [3.05, 3.63) is 28.8 Å². The van der Waals surface area contributed by atoms with Gasteiger partial charge in [0.2, 0.25) is 0 Å². The average molecular weight is 224 g/mol. The van der Waals surface area contributed by atoms with E-state index in [2.05, 4.69) is 18.3 Å². The van der Waals surface area contributed by atoms with E-state index in [1.54, 1.807) is 0 Å². The lowest BCUT2D eigenvalue weighted by atomic mass is 9.89. The smallest absolute Gasteiger partial charge is 0.126 e. The zero-order valence-electron chi connectivity index (χ0n) is 8.66. The van der Waals surface area contributed by atoms with E-state index in [0.717, 1.165) is 17.3 Å². The Labute approximate surface area is 94.6 Å². The Hall–Kier alpha value is -0.730. The van der Waals surface area contributed by atoms with Crippen molar-refractivity contribution in [3.8, 4) is 5.75 Å². The third-order valence-electron chi connectivity index (χ3n) is 3.43. The van der Waals surface area contributed by atoms with Gasteiger partial charge in [0.05, 0.1) is 6.04 Å². The van der Waals surface area contributed by atoms with E-state index in [0.29, 0.717) is 12.0 Å². The van der Waals surface area contributed by atoms with E-state index < -0.39 is 0 Å². The standard InChI is InChI=1S/C12H14ClNO/c1-7-4-5-14-11-9-3-2-8(13)6-10(9)15-12(7)11/h2-3,6-7,11-12,14H,4-5H2,1H3/t7-,11-,12-/m1/s1. The van der Waals surface area contributed by atoms with Gasteiger partial charge in [-0.25, -0.2) is 0 Å². The van der Waals surface area contributed by atoms with Crippen LogP contribution in [0.15, 0.2) is 18.2 Å². The largest absolute Gasteiger partial charge is 0.488 e. The Kier molecular flexibility index (Phi) is 2.15. The van der Waals surface area contributed by atoms with E-state index in [4.69, 9.17) is 16.3 Å². The van der Waals surface area contributed by atoms with Crippen molar-refractivity contribution >= 4 is 11.6 Å². The zero-order valence-corrected chi connectivity index (χ0v) is 9.42. The van der Waals surface area contributed by atoms with Gasteiger partial charge in [-0.2, -0.15) is 0 Å². The van der Waals surface area contributed by atoms with Crippen LogP contribution in [0.5, 0.6) is 5.75 Å². The zero-order chi connectivity index (χ0) is 10.4. The molecule has 2 heterocycles. The van der Waals surface area contributed by atoms with Crippen molar-refractivity contribution in [2.45, 2.75) is 25.5 Å². The molecule has 80 valence electrons. The van der Waals surface area contributed by atoms with Crippen LogP contribution in [0.25, 0.3) is 0 Å². The minimum atomic E-state index is 0.284. The fourth-order valence-corrected chi connectivity index (χ4v) is 2.72. The third kappa shape index (κ3) is 1.44. The molecular weight excluding hydrogens is 210 g/mol. The number of nitrogens with one attached hydrogen (secondary N) is 1. The number of hydrogen-bond acceptors (Lipinski definition) is 2. The topological polar surface area (TPSA) is 21.3 Å². The van der Waals surface area contributed by atoms with Gasteiger partial charge in [-0.05, 0) is 31.0 Å². The number of benzene rings is 1. The summed E-state index contributed by atoms with van der Waals surface area (Å²) in [6, 6.07) is 6.30. The van der Waals surface area contributed by atoms with Gasteiger partial charge in [-0.3, -0.25) is 0 Å². The van der Waals surface area contributed by atoms with Gasteiger partial charge in [-0.1, -0.05) is 24.6 Å². The molecule has 0 amide bonds. The van der Waals surface area contributed by atoms with Crippen LogP contribution in [-0.2, 0) is 0 Å². The molecule has 0 bridgehead atoms. The summed E-state index contributed by atoms with van der Waals surface area (Å²) in [6.45, 7) is 3.33. The molecule has 3 atom stereocenters. The number of hydrogen-bond donors (Lipinski definition) is 1. The minimum Gasteiger partial charge on any atom is -0.488 e. The molecule has 1 fully saturated rings. The molecule has 0 saturated carbocycles. The second kappa shape index (κ2) is 3.39. The molecule has 1 aromatic carbocycles. The fraction of sp³-hybridized carbons (Fsp3) is 0.500. The molecule has 0 spiro atoms. The third-order valence-corrected chi connectivity index (χ3v) is 3.66. The van der Waals surface area contributed by atoms with Gasteiger partial charge in [0.15, 0.2) is 0 Å². The number of piperidine rings is 1. The Balaban J connectivity index is 2.00. The van der Waals surface area contributed by atoms with Gasteiger partial charge in [0.1, 0.15) is 11.9 Å². The van der Waals surface area contributed by atoms with Crippen LogP contribution in [-0.4, -0.2) is 12.6 Å². The predicted molar refractivity (Wildman–Crippen MR) is 60.4 cm³/mol. The number of halogens is 1. The Morgan fingerprint density at radius 1 is 1.47 bits per heavy atom. The minimum absolute atomic E-state index is 0.284. The lowest BCUT2D eigenvalue weighted by Gasteiger charge is -2.31. The summed E-state index contributed by atoms with van der Waals surface area (Å²) in [4.78, 5) is 0. The van der Waals surface area contributed by atoms with Crippen LogP contribution in [0.1, 0.15) is 24.9 Å². The van der Waals surface area contributed by atoms with Crippen molar-refractivity contribution in [2.75, 3.05) is 6.54 Å². The molecule has 2 aliphatic heterocycles. The van der Waals surface area contributed by atoms with E-state index in [1.807, 2.05) is 12.1 Å². The van der Waals surface area contributed by atoms with Crippen LogP contribution in [0.2, 0.25) is 5.02 Å².